The van der Waals surface area contributed by atoms with Gasteiger partial charge in [0.05, 0.1) is 17.0 Å². The number of aliphatic carboxylic acids is 1. The molecule has 1 atom stereocenters. The number of hydrogen-bond acceptors (Lipinski definition) is 5. The Morgan fingerprint density at radius 3 is 2.50 bits per heavy atom. The van der Waals surface area contributed by atoms with Crippen molar-refractivity contribution in [2.75, 3.05) is 29.6 Å². The molecule has 2 heterocycles. The fourth-order valence-corrected chi connectivity index (χ4v) is 6.88. The molecular formula is C17H21NO3S3. The molecule has 0 saturated carbocycles. The van der Waals surface area contributed by atoms with E-state index in [4.69, 9.17) is 5.11 Å². The highest BCUT2D eigenvalue weighted by Crippen LogP contribution is 2.43. The van der Waals surface area contributed by atoms with Crippen LogP contribution in [0, 0.1) is 0 Å². The highest BCUT2D eigenvalue weighted by Gasteiger charge is 2.29. The second-order valence-electron chi connectivity index (χ2n) is 5.87. The number of thioether (sulfide) groups is 3. The number of carbonyl (C=O) groups is 2. The molecule has 0 radical (unpaired) electrons. The van der Waals surface area contributed by atoms with Crippen molar-refractivity contribution in [3.05, 3.63) is 35.4 Å². The van der Waals surface area contributed by atoms with Gasteiger partial charge in [0.1, 0.15) is 0 Å². The summed E-state index contributed by atoms with van der Waals surface area (Å²) in [4.78, 5) is 25.6. The van der Waals surface area contributed by atoms with Crippen LogP contribution in [0.2, 0.25) is 0 Å². The van der Waals surface area contributed by atoms with Gasteiger partial charge in [0.25, 0.3) is 5.91 Å². The number of hydrogen-bond donors (Lipinski definition) is 1. The van der Waals surface area contributed by atoms with Crippen LogP contribution < -0.4 is 0 Å². The molecule has 2 aliphatic heterocycles. The lowest BCUT2D eigenvalue weighted by Crippen LogP contribution is -2.47. The van der Waals surface area contributed by atoms with Crippen LogP contribution >= 0.6 is 35.3 Å². The smallest absolute Gasteiger partial charge is 0.305 e. The van der Waals surface area contributed by atoms with Crippen molar-refractivity contribution >= 4 is 47.2 Å². The van der Waals surface area contributed by atoms with Gasteiger partial charge in [-0.15, -0.1) is 23.5 Å². The minimum absolute atomic E-state index is 0.0200. The summed E-state index contributed by atoms with van der Waals surface area (Å²) in [5.41, 5.74) is 1.92. The van der Waals surface area contributed by atoms with Crippen molar-refractivity contribution < 1.29 is 14.7 Å². The Bertz CT molecular complexity index is 587. The fourth-order valence-electron chi connectivity index (χ4n) is 2.92. The van der Waals surface area contributed by atoms with Crippen LogP contribution in [-0.4, -0.2) is 57.5 Å². The number of rotatable bonds is 4. The van der Waals surface area contributed by atoms with E-state index >= 15 is 0 Å². The third-order valence-corrected chi connectivity index (χ3v) is 8.26. The number of carboxylic acids is 1. The van der Waals surface area contributed by atoms with Crippen LogP contribution in [0.1, 0.15) is 33.3 Å². The van der Waals surface area contributed by atoms with Gasteiger partial charge in [0, 0.05) is 23.6 Å². The Morgan fingerprint density at radius 1 is 1.12 bits per heavy atom. The summed E-state index contributed by atoms with van der Waals surface area (Å²) >= 11 is 5.65. The molecule has 2 fully saturated rings. The zero-order chi connectivity index (χ0) is 16.9. The molecule has 1 unspecified atom stereocenters. The largest absolute Gasteiger partial charge is 0.481 e. The topological polar surface area (TPSA) is 57.6 Å². The van der Waals surface area contributed by atoms with Crippen LogP contribution in [0.3, 0.4) is 0 Å². The van der Waals surface area contributed by atoms with Gasteiger partial charge in [-0.2, -0.15) is 11.8 Å². The predicted molar refractivity (Wildman–Crippen MR) is 103 cm³/mol. The zero-order valence-electron chi connectivity index (χ0n) is 13.3. The highest BCUT2D eigenvalue weighted by atomic mass is 32.2. The summed E-state index contributed by atoms with van der Waals surface area (Å²) in [6, 6.07) is 7.68. The van der Waals surface area contributed by atoms with E-state index in [0.717, 1.165) is 5.75 Å². The second-order valence-corrected chi connectivity index (χ2v) is 9.75. The van der Waals surface area contributed by atoms with E-state index < -0.39 is 5.97 Å². The standard InChI is InChI=1S/C17H21NO3S3/c19-15(20)10-14-11-22-9-6-18(14)16(21)12-2-4-13(5-3-12)17-23-7-1-8-24-17/h2-5,14,17H,1,6-11H2,(H,19,20). The molecular weight excluding hydrogens is 362 g/mol. The average Bonchev–Trinajstić information content (AvgIpc) is 2.62. The maximum atomic E-state index is 12.8. The van der Waals surface area contributed by atoms with E-state index in [1.807, 2.05) is 47.8 Å². The Hall–Kier alpha value is -0.790. The molecule has 0 spiro atoms. The predicted octanol–water partition coefficient (Wildman–Crippen LogP) is 3.59. The molecule has 24 heavy (non-hydrogen) atoms. The normalized spacial score (nSPS) is 22.3. The van der Waals surface area contributed by atoms with Gasteiger partial charge >= 0.3 is 5.97 Å². The SMILES string of the molecule is O=C(O)CC1CSCCN1C(=O)c1ccc(C2SCCCS2)cc1. The van der Waals surface area contributed by atoms with E-state index in [1.165, 1.54) is 23.5 Å². The molecule has 2 aliphatic rings. The molecule has 1 aromatic rings. The summed E-state index contributed by atoms with van der Waals surface area (Å²) < 4.78 is 0.467. The summed E-state index contributed by atoms with van der Waals surface area (Å²) in [6.07, 6.45) is 1.28. The number of carboxylic acid groups (broad SMARTS) is 1. The lowest BCUT2D eigenvalue weighted by molar-refractivity contribution is -0.138. The summed E-state index contributed by atoms with van der Waals surface area (Å²) in [5.74, 6) is 3.07. The first-order chi connectivity index (χ1) is 11.6. The summed E-state index contributed by atoms with van der Waals surface area (Å²) in [6.45, 7) is 0.623. The average molecular weight is 384 g/mol. The van der Waals surface area contributed by atoms with Gasteiger partial charge < -0.3 is 10.0 Å². The fraction of sp³-hybridized carbons (Fsp3) is 0.529. The zero-order valence-corrected chi connectivity index (χ0v) is 15.8. The number of amides is 1. The van der Waals surface area contributed by atoms with E-state index in [1.54, 1.807) is 16.7 Å². The first kappa shape index (κ1) is 18.0. The lowest BCUT2D eigenvalue weighted by atomic mass is 10.1. The summed E-state index contributed by atoms with van der Waals surface area (Å²) in [7, 11) is 0. The van der Waals surface area contributed by atoms with E-state index in [0.29, 0.717) is 22.4 Å². The maximum Gasteiger partial charge on any atom is 0.305 e. The van der Waals surface area contributed by atoms with Crippen molar-refractivity contribution in [1.29, 1.82) is 0 Å². The Balaban J connectivity index is 1.70. The highest BCUT2D eigenvalue weighted by molar-refractivity contribution is 8.16. The minimum atomic E-state index is -0.845. The Labute approximate surface area is 155 Å². The van der Waals surface area contributed by atoms with Crippen LogP contribution in [0.25, 0.3) is 0 Å². The first-order valence-corrected chi connectivity index (χ1v) is 11.3. The Kier molecular flexibility index (Phi) is 6.41. The third-order valence-electron chi connectivity index (χ3n) is 4.16. The van der Waals surface area contributed by atoms with Gasteiger partial charge in [0.15, 0.2) is 0 Å². The van der Waals surface area contributed by atoms with Crippen molar-refractivity contribution in [1.82, 2.24) is 4.90 Å². The minimum Gasteiger partial charge on any atom is -0.481 e. The summed E-state index contributed by atoms with van der Waals surface area (Å²) in [5, 5.41) is 9.06. The monoisotopic (exact) mass is 383 g/mol. The van der Waals surface area contributed by atoms with Crippen LogP contribution in [0.4, 0.5) is 0 Å². The van der Waals surface area contributed by atoms with Crippen LogP contribution in [0.5, 0.6) is 0 Å². The third kappa shape index (κ3) is 4.43. The van der Waals surface area contributed by atoms with Gasteiger partial charge in [-0.1, -0.05) is 12.1 Å². The molecule has 7 heteroatoms. The van der Waals surface area contributed by atoms with Crippen molar-refractivity contribution in [2.45, 2.75) is 23.5 Å². The number of nitrogens with zero attached hydrogens (tertiary/aromatic N) is 1. The van der Waals surface area contributed by atoms with E-state index in [-0.39, 0.29) is 18.4 Å². The molecule has 0 aromatic heterocycles. The van der Waals surface area contributed by atoms with Gasteiger partial charge in [-0.3, -0.25) is 9.59 Å². The molecule has 130 valence electrons. The van der Waals surface area contributed by atoms with Crippen molar-refractivity contribution in [3.8, 4) is 0 Å². The van der Waals surface area contributed by atoms with E-state index in [2.05, 4.69) is 0 Å². The van der Waals surface area contributed by atoms with Crippen LogP contribution in [0.15, 0.2) is 24.3 Å². The van der Waals surface area contributed by atoms with Gasteiger partial charge in [0.2, 0.25) is 0 Å². The molecule has 1 amide bonds. The molecule has 4 nitrogen and oxygen atoms in total. The molecule has 0 bridgehead atoms. The Morgan fingerprint density at radius 2 is 1.83 bits per heavy atom. The molecule has 1 N–H and O–H groups in total. The van der Waals surface area contributed by atoms with Crippen molar-refractivity contribution in [3.63, 3.8) is 0 Å². The molecule has 0 aliphatic carbocycles. The first-order valence-electron chi connectivity index (χ1n) is 8.09. The maximum absolute atomic E-state index is 12.8. The van der Waals surface area contributed by atoms with Gasteiger partial charge in [-0.05, 0) is 35.6 Å². The van der Waals surface area contributed by atoms with Gasteiger partial charge in [-0.25, -0.2) is 0 Å². The second kappa shape index (κ2) is 8.54. The molecule has 3 rings (SSSR count). The molecule has 2 saturated heterocycles. The van der Waals surface area contributed by atoms with E-state index in [9.17, 15) is 9.59 Å². The molecule has 1 aromatic carbocycles. The van der Waals surface area contributed by atoms with Crippen molar-refractivity contribution in [2.24, 2.45) is 0 Å². The quantitative estimate of drug-likeness (QED) is 0.857. The number of benzene rings is 1. The lowest BCUT2D eigenvalue weighted by Gasteiger charge is -2.34. The van der Waals surface area contributed by atoms with Crippen LogP contribution in [-0.2, 0) is 4.79 Å². The number of carbonyl (C=O) groups excluding carboxylic acids is 1.